The Morgan fingerprint density at radius 2 is 2.18 bits per heavy atom. The van der Waals surface area contributed by atoms with Crippen molar-refractivity contribution in [3.63, 3.8) is 0 Å². The number of nitrogens with two attached hydrogens (primary N) is 1. The predicted octanol–water partition coefficient (Wildman–Crippen LogP) is 2.95. The van der Waals surface area contributed by atoms with Crippen LogP contribution in [0.1, 0.15) is 31.7 Å². The lowest BCUT2D eigenvalue weighted by atomic mass is 9.79. The maximum Gasteiger partial charge on any atom is 0.0440 e. The summed E-state index contributed by atoms with van der Waals surface area (Å²) < 4.78 is 0. The molecule has 1 atom stereocenters. The zero-order chi connectivity index (χ0) is 12.3. The molecule has 1 aliphatic carbocycles. The fourth-order valence-corrected chi connectivity index (χ4v) is 2.81. The molecule has 2 nitrogen and oxygen atoms in total. The zero-order valence-corrected chi connectivity index (χ0v) is 11.0. The Kier molecular flexibility index (Phi) is 4.06. The smallest absolute Gasteiger partial charge is 0.0440 e. The fourth-order valence-electron chi connectivity index (χ4n) is 2.81. The highest BCUT2D eigenvalue weighted by Gasteiger charge is 2.30. The third-order valence-electron chi connectivity index (χ3n) is 4.01. The molecule has 17 heavy (non-hydrogen) atoms. The normalized spacial score (nSPS) is 17.6. The zero-order valence-electron chi connectivity index (χ0n) is 11.0. The van der Waals surface area contributed by atoms with Crippen molar-refractivity contribution < 1.29 is 0 Å². The fraction of sp³-hybridized carbons (Fsp3) is 0.600. The third-order valence-corrected chi connectivity index (χ3v) is 4.01. The molecule has 0 radical (unpaired) electrons. The number of benzene rings is 1. The van der Waals surface area contributed by atoms with Crippen LogP contribution in [-0.4, -0.2) is 19.1 Å². The van der Waals surface area contributed by atoms with Crippen LogP contribution in [0.5, 0.6) is 0 Å². The molecule has 2 heteroatoms. The van der Waals surface area contributed by atoms with Crippen LogP contribution in [0.25, 0.3) is 0 Å². The molecule has 0 saturated heterocycles. The number of aryl methyl sites for hydroxylation is 1. The average molecular weight is 232 g/mol. The minimum atomic E-state index is 0.524. The summed E-state index contributed by atoms with van der Waals surface area (Å²) in [5, 5.41) is 0. The summed E-state index contributed by atoms with van der Waals surface area (Å²) >= 11 is 0. The number of anilines is 1. The van der Waals surface area contributed by atoms with E-state index < -0.39 is 0 Å². The van der Waals surface area contributed by atoms with Crippen molar-refractivity contribution in [2.45, 2.75) is 39.2 Å². The lowest BCUT2D eigenvalue weighted by molar-refractivity contribution is 0.256. The second-order valence-corrected chi connectivity index (χ2v) is 5.12. The van der Waals surface area contributed by atoms with Gasteiger partial charge in [-0.1, -0.05) is 18.6 Å². The van der Waals surface area contributed by atoms with E-state index in [4.69, 9.17) is 5.73 Å². The van der Waals surface area contributed by atoms with E-state index in [0.29, 0.717) is 6.04 Å². The van der Waals surface area contributed by atoms with Crippen molar-refractivity contribution in [3.05, 3.63) is 29.8 Å². The highest BCUT2D eigenvalue weighted by molar-refractivity contribution is 5.49. The minimum absolute atomic E-state index is 0.524. The Bertz CT molecular complexity index is 358. The first-order valence-corrected chi connectivity index (χ1v) is 6.79. The molecule has 0 bridgehead atoms. The molecular formula is C15H24N2. The summed E-state index contributed by atoms with van der Waals surface area (Å²) in [6.45, 7) is 6.19. The predicted molar refractivity (Wildman–Crippen MR) is 74.4 cm³/mol. The van der Waals surface area contributed by atoms with Crippen molar-refractivity contribution in [1.29, 1.82) is 0 Å². The van der Waals surface area contributed by atoms with Crippen LogP contribution in [0, 0.1) is 12.8 Å². The van der Waals surface area contributed by atoms with Crippen LogP contribution in [0.3, 0.4) is 0 Å². The van der Waals surface area contributed by atoms with Crippen LogP contribution in [-0.2, 0) is 0 Å². The van der Waals surface area contributed by atoms with Gasteiger partial charge in [0, 0.05) is 24.8 Å². The second kappa shape index (κ2) is 5.54. The molecule has 0 heterocycles. The van der Waals surface area contributed by atoms with Crippen molar-refractivity contribution >= 4 is 5.69 Å². The van der Waals surface area contributed by atoms with Crippen LogP contribution < -0.4 is 10.6 Å². The number of hydrogen-bond donors (Lipinski definition) is 1. The molecular weight excluding hydrogens is 208 g/mol. The number of likely N-dealkylation sites (N-methyl/N-ethyl adjacent to an activating group) is 1. The topological polar surface area (TPSA) is 29.3 Å². The Balaban J connectivity index is 2.18. The van der Waals surface area contributed by atoms with E-state index >= 15 is 0 Å². The molecule has 0 aliphatic heterocycles. The first kappa shape index (κ1) is 12.4. The summed E-state index contributed by atoms with van der Waals surface area (Å²) in [6, 6.07) is 9.29. The third kappa shape index (κ3) is 2.63. The SMILES string of the molecule is CCN(c1cccc(C)c1)C(CN)C1CCC1. The van der Waals surface area contributed by atoms with Gasteiger partial charge in [-0.25, -0.2) is 0 Å². The summed E-state index contributed by atoms with van der Waals surface area (Å²) in [6.07, 6.45) is 4.08. The van der Waals surface area contributed by atoms with Crippen molar-refractivity contribution in [2.24, 2.45) is 11.7 Å². The van der Waals surface area contributed by atoms with Crippen molar-refractivity contribution in [3.8, 4) is 0 Å². The monoisotopic (exact) mass is 232 g/mol. The van der Waals surface area contributed by atoms with E-state index in [-0.39, 0.29) is 0 Å². The van der Waals surface area contributed by atoms with E-state index in [1.54, 1.807) is 0 Å². The number of rotatable bonds is 5. The second-order valence-electron chi connectivity index (χ2n) is 5.12. The van der Waals surface area contributed by atoms with Gasteiger partial charge in [-0.05, 0) is 50.3 Å². The number of hydrogen-bond acceptors (Lipinski definition) is 2. The minimum Gasteiger partial charge on any atom is -0.367 e. The summed E-state index contributed by atoms with van der Waals surface area (Å²) in [7, 11) is 0. The molecule has 1 saturated carbocycles. The largest absolute Gasteiger partial charge is 0.367 e. The van der Waals surface area contributed by atoms with Gasteiger partial charge in [0.25, 0.3) is 0 Å². The summed E-state index contributed by atoms with van der Waals surface area (Å²) in [5.74, 6) is 0.806. The van der Waals surface area contributed by atoms with Gasteiger partial charge in [0.05, 0.1) is 0 Å². The van der Waals surface area contributed by atoms with Gasteiger partial charge < -0.3 is 10.6 Å². The summed E-state index contributed by atoms with van der Waals surface area (Å²) in [5.41, 5.74) is 8.65. The van der Waals surface area contributed by atoms with Crippen molar-refractivity contribution in [2.75, 3.05) is 18.0 Å². The first-order valence-electron chi connectivity index (χ1n) is 6.79. The van der Waals surface area contributed by atoms with Crippen LogP contribution in [0.4, 0.5) is 5.69 Å². The molecule has 2 rings (SSSR count). The lowest BCUT2D eigenvalue weighted by Crippen LogP contribution is -2.48. The standard InChI is InChI=1S/C15H24N2/c1-3-17(14-9-4-6-12(2)10-14)15(11-16)13-7-5-8-13/h4,6,9-10,13,15H,3,5,7-8,11,16H2,1-2H3. The molecule has 1 fully saturated rings. The lowest BCUT2D eigenvalue weighted by Gasteiger charge is -2.41. The van der Waals surface area contributed by atoms with Gasteiger partial charge in [0.15, 0.2) is 0 Å². The molecule has 94 valence electrons. The van der Waals surface area contributed by atoms with E-state index in [9.17, 15) is 0 Å². The molecule has 1 aliphatic rings. The first-order chi connectivity index (χ1) is 8.26. The molecule has 2 N–H and O–H groups in total. The quantitative estimate of drug-likeness (QED) is 0.845. The van der Waals surface area contributed by atoms with Gasteiger partial charge in [0.2, 0.25) is 0 Å². The van der Waals surface area contributed by atoms with Gasteiger partial charge in [0.1, 0.15) is 0 Å². The van der Waals surface area contributed by atoms with E-state index in [1.165, 1.54) is 30.5 Å². The molecule has 0 spiro atoms. The maximum absolute atomic E-state index is 5.99. The Morgan fingerprint density at radius 1 is 1.41 bits per heavy atom. The van der Waals surface area contributed by atoms with Gasteiger partial charge in [-0.3, -0.25) is 0 Å². The highest BCUT2D eigenvalue weighted by Crippen LogP contribution is 2.33. The number of nitrogens with zero attached hydrogens (tertiary/aromatic N) is 1. The molecule has 1 unspecified atom stereocenters. The van der Waals surface area contributed by atoms with E-state index in [0.717, 1.165) is 19.0 Å². The Morgan fingerprint density at radius 3 is 2.65 bits per heavy atom. The highest BCUT2D eigenvalue weighted by atomic mass is 15.2. The Hall–Kier alpha value is -1.02. The van der Waals surface area contributed by atoms with Gasteiger partial charge in [-0.2, -0.15) is 0 Å². The molecule has 0 aromatic heterocycles. The maximum atomic E-state index is 5.99. The molecule has 1 aromatic carbocycles. The van der Waals surface area contributed by atoms with Crippen molar-refractivity contribution in [1.82, 2.24) is 0 Å². The van der Waals surface area contributed by atoms with Crippen LogP contribution in [0.2, 0.25) is 0 Å². The summed E-state index contributed by atoms with van der Waals surface area (Å²) in [4.78, 5) is 2.48. The van der Waals surface area contributed by atoms with Crippen LogP contribution in [0.15, 0.2) is 24.3 Å². The molecule has 0 amide bonds. The Labute approximate surface area is 105 Å². The van der Waals surface area contributed by atoms with E-state index in [1.807, 2.05) is 0 Å². The average Bonchev–Trinajstić information content (AvgIpc) is 2.26. The molecule has 1 aromatic rings. The van der Waals surface area contributed by atoms with Crippen LogP contribution >= 0.6 is 0 Å². The van der Waals surface area contributed by atoms with E-state index in [2.05, 4.69) is 43.0 Å². The van der Waals surface area contributed by atoms with Gasteiger partial charge in [-0.15, -0.1) is 0 Å². The van der Waals surface area contributed by atoms with Gasteiger partial charge >= 0.3 is 0 Å².